The van der Waals surface area contributed by atoms with Crippen molar-refractivity contribution < 1.29 is 9.53 Å². The molecule has 1 amide bonds. The first-order valence-corrected chi connectivity index (χ1v) is 10.5. The number of rotatable bonds is 6. The Kier molecular flexibility index (Phi) is 5.84. The monoisotopic (exact) mass is 392 g/mol. The van der Waals surface area contributed by atoms with E-state index in [0.717, 1.165) is 40.5 Å². The Bertz CT molecular complexity index is 918. The van der Waals surface area contributed by atoms with Crippen molar-refractivity contribution in [2.45, 2.75) is 32.4 Å². The van der Waals surface area contributed by atoms with Crippen LogP contribution in [0.4, 0.5) is 0 Å². The number of hydrogen-bond donors (Lipinski definition) is 0. The van der Waals surface area contributed by atoms with Crippen LogP contribution in [0.15, 0.2) is 60.7 Å². The SMILES string of the molecule is Cc1nc(C(=O)N(Cc2ccccc2)CC2CCCO2)c(-c2ccccc2)s1. The van der Waals surface area contributed by atoms with Gasteiger partial charge in [-0.1, -0.05) is 60.7 Å². The van der Waals surface area contributed by atoms with E-state index in [1.165, 1.54) is 0 Å². The number of aryl methyl sites for hydroxylation is 1. The fourth-order valence-electron chi connectivity index (χ4n) is 3.56. The molecule has 0 bridgehead atoms. The number of aromatic nitrogens is 1. The third kappa shape index (κ3) is 4.32. The Morgan fingerprint density at radius 1 is 1.14 bits per heavy atom. The minimum atomic E-state index is -0.0254. The molecule has 3 aromatic rings. The summed E-state index contributed by atoms with van der Waals surface area (Å²) in [6.45, 7) is 3.89. The number of benzene rings is 2. The third-order valence-corrected chi connectivity index (χ3v) is 5.94. The Balaban J connectivity index is 1.65. The number of thiazole rings is 1. The number of amides is 1. The van der Waals surface area contributed by atoms with Crippen LogP contribution in [0.1, 0.15) is 33.9 Å². The lowest BCUT2D eigenvalue weighted by Gasteiger charge is -2.25. The van der Waals surface area contributed by atoms with Crippen molar-refractivity contribution in [3.8, 4) is 10.4 Å². The lowest BCUT2D eigenvalue weighted by Crippen LogP contribution is -2.37. The number of nitrogens with zero attached hydrogens (tertiary/aromatic N) is 2. The highest BCUT2D eigenvalue weighted by Gasteiger charge is 2.27. The van der Waals surface area contributed by atoms with E-state index in [4.69, 9.17) is 4.74 Å². The first-order chi connectivity index (χ1) is 13.7. The molecule has 1 atom stereocenters. The average Bonchev–Trinajstić information content (AvgIpc) is 3.38. The Hall–Kier alpha value is -2.50. The van der Waals surface area contributed by atoms with E-state index in [9.17, 15) is 4.79 Å². The Morgan fingerprint density at radius 3 is 2.54 bits per heavy atom. The molecule has 0 spiro atoms. The summed E-state index contributed by atoms with van der Waals surface area (Å²) in [6, 6.07) is 20.2. The predicted octanol–water partition coefficient (Wildman–Crippen LogP) is 4.94. The van der Waals surface area contributed by atoms with E-state index in [0.29, 0.717) is 18.8 Å². The molecule has 4 nitrogen and oxygen atoms in total. The molecule has 0 saturated carbocycles. The van der Waals surface area contributed by atoms with Crippen molar-refractivity contribution in [3.63, 3.8) is 0 Å². The quantitative estimate of drug-likeness (QED) is 0.597. The topological polar surface area (TPSA) is 42.4 Å². The second kappa shape index (κ2) is 8.67. The molecule has 5 heteroatoms. The Morgan fingerprint density at radius 2 is 1.86 bits per heavy atom. The van der Waals surface area contributed by atoms with Crippen LogP contribution in [0.25, 0.3) is 10.4 Å². The molecule has 0 N–H and O–H groups in total. The number of hydrogen-bond acceptors (Lipinski definition) is 4. The third-order valence-electron chi connectivity index (χ3n) is 4.92. The van der Waals surface area contributed by atoms with Gasteiger partial charge in [0.1, 0.15) is 5.69 Å². The van der Waals surface area contributed by atoms with Crippen molar-refractivity contribution in [2.24, 2.45) is 0 Å². The van der Waals surface area contributed by atoms with Crippen LogP contribution in [0.2, 0.25) is 0 Å². The maximum atomic E-state index is 13.6. The molecular weight excluding hydrogens is 368 g/mol. The zero-order valence-electron chi connectivity index (χ0n) is 16.0. The summed E-state index contributed by atoms with van der Waals surface area (Å²) in [7, 11) is 0. The molecule has 0 radical (unpaired) electrons. The average molecular weight is 393 g/mol. The number of carbonyl (C=O) groups is 1. The summed E-state index contributed by atoms with van der Waals surface area (Å²) in [4.78, 5) is 21.0. The minimum Gasteiger partial charge on any atom is -0.376 e. The van der Waals surface area contributed by atoms with Crippen LogP contribution < -0.4 is 0 Å². The predicted molar refractivity (Wildman–Crippen MR) is 112 cm³/mol. The van der Waals surface area contributed by atoms with Crippen LogP contribution in [-0.2, 0) is 11.3 Å². The summed E-state index contributed by atoms with van der Waals surface area (Å²) in [5, 5.41) is 0.902. The molecule has 1 fully saturated rings. The van der Waals surface area contributed by atoms with E-state index in [1.807, 2.05) is 60.4 Å². The zero-order valence-corrected chi connectivity index (χ0v) is 16.8. The van der Waals surface area contributed by atoms with E-state index in [-0.39, 0.29) is 12.0 Å². The first-order valence-electron chi connectivity index (χ1n) is 9.68. The first kappa shape index (κ1) is 18.8. The molecule has 1 aromatic heterocycles. The van der Waals surface area contributed by atoms with Crippen LogP contribution >= 0.6 is 11.3 Å². The van der Waals surface area contributed by atoms with Crippen molar-refractivity contribution >= 4 is 17.2 Å². The Labute approximate surface area is 169 Å². The molecule has 1 unspecified atom stereocenters. The summed E-state index contributed by atoms with van der Waals surface area (Å²) in [5.41, 5.74) is 2.69. The fraction of sp³-hybridized carbons (Fsp3) is 0.304. The van der Waals surface area contributed by atoms with Gasteiger partial charge >= 0.3 is 0 Å². The molecule has 1 saturated heterocycles. The molecule has 2 aromatic carbocycles. The normalized spacial score (nSPS) is 16.2. The lowest BCUT2D eigenvalue weighted by atomic mass is 10.1. The van der Waals surface area contributed by atoms with Crippen molar-refractivity contribution in [1.82, 2.24) is 9.88 Å². The zero-order chi connectivity index (χ0) is 19.3. The summed E-state index contributed by atoms with van der Waals surface area (Å²) < 4.78 is 5.82. The summed E-state index contributed by atoms with van der Waals surface area (Å²) in [6.07, 6.45) is 2.16. The van der Waals surface area contributed by atoms with Crippen LogP contribution in [0.3, 0.4) is 0 Å². The van der Waals surface area contributed by atoms with E-state index in [2.05, 4.69) is 17.1 Å². The highest BCUT2D eigenvalue weighted by atomic mass is 32.1. The second-order valence-corrected chi connectivity index (χ2v) is 8.29. The maximum Gasteiger partial charge on any atom is 0.274 e. The fourth-order valence-corrected chi connectivity index (χ4v) is 4.48. The van der Waals surface area contributed by atoms with Gasteiger partial charge in [-0.25, -0.2) is 4.98 Å². The van der Waals surface area contributed by atoms with Crippen LogP contribution in [-0.4, -0.2) is 35.0 Å². The smallest absolute Gasteiger partial charge is 0.274 e. The van der Waals surface area contributed by atoms with Gasteiger partial charge in [0.05, 0.1) is 16.0 Å². The summed E-state index contributed by atoms with van der Waals surface area (Å²) in [5.74, 6) is -0.0254. The molecular formula is C23H24N2O2S. The molecule has 2 heterocycles. The number of ether oxygens (including phenoxy) is 1. The summed E-state index contributed by atoms with van der Waals surface area (Å²) >= 11 is 1.57. The minimum absolute atomic E-state index is 0.0254. The van der Waals surface area contributed by atoms with Gasteiger partial charge in [0, 0.05) is 19.7 Å². The molecule has 28 heavy (non-hydrogen) atoms. The van der Waals surface area contributed by atoms with Gasteiger partial charge in [-0.15, -0.1) is 11.3 Å². The molecule has 1 aliphatic heterocycles. The molecule has 4 rings (SSSR count). The largest absolute Gasteiger partial charge is 0.376 e. The van der Waals surface area contributed by atoms with Crippen molar-refractivity contribution in [2.75, 3.05) is 13.2 Å². The standard InChI is InChI=1S/C23H24N2O2S/c1-17-24-21(22(28-17)19-11-6-3-7-12-19)23(26)25(16-20-13-8-14-27-20)15-18-9-4-2-5-10-18/h2-7,9-12,20H,8,13-16H2,1H3. The van der Waals surface area contributed by atoms with Crippen molar-refractivity contribution in [3.05, 3.63) is 76.9 Å². The van der Waals surface area contributed by atoms with Crippen molar-refractivity contribution in [1.29, 1.82) is 0 Å². The van der Waals surface area contributed by atoms with Gasteiger partial charge in [-0.05, 0) is 30.9 Å². The lowest BCUT2D eigenvalue weighted by molar-refractivity contribution is 0.0504. The van der Waals surface area contributed by atoms with Gasteiger partial charge in [0.15, 0.2) is 0 Å². The number of carbonyl (C=O) groups excluding carboxylic acids is 1. The van der Waals surface area contributed by atoms with Gasteiger partial charge in [0.2, 0.25) is 0 Å². The molecule has 144 valence electrons. The van der Waals surface area contributed by atoms with Gasteiger partial charge < -0.3 is 9.64 Å². The highest BCUT2D eigenvalue weighted by molar-refractivity contribution is 7.15. The highest BCUT2D eigenvalue weighted by Crippen LogP contribution is 2.31. The van der Waals surface area contributed by atoms with Gasteiger partial charge in [-0.2, -0.15) is 0 Å². The van der Waals surface area contributed by atoms with E-state index >= 15 is 0 Å². The second-order valence-electron chi connectivity index (χ2n) is 7.08. The van der Waals surface area contributed by atoms with Gasteiger partial charge in [-0.3, -0.25) is 4.79 Å². The maximum absolute atomic E-state index is 13.6. The van der Waals surface area contributed by atoms with Crippen LogP contribution in [0, 0.1) is 6.92 Å². The van der Waals surface area contributed by atoms with Gasteiger partial charge in [0.25, 0.3) is 5.91 Å². The van der Waals surface area contributed by atoms with E-state index < -0.39 is 0 Å². The van der Waals surface area contributed by atoms with Crippen LogP contribution in [0.5, 0.6) is 0 Å². The molecule has 0 aliphatic carbocycles. The molecule has 1 aliphatic rings. The van der Waals surface area contributed by atoms with E-state index in [1.54, 1.807) is 11.3 Å².